The average Bonchev–Trinajstić information content (AvgIpc) is 2.44. The Morgan fingerprint density at radius 2 is 2.21 bits per heavy atom. The molecule has 19 heavy (non-hydrogen) atoms. The Bertz CT molecular complexity index is 503. The minimum Gasteiger partial charge on any atom is -0.388 e. The molecule has 102 valence electrons. The molecule has 1 aliphatic carbocycles. The summed E-state index contributed by atoms with van der Waals surface area (Å²) in [7, 11) is 0. The van der Waals surface area contributed by atoms with Gasteiger partial charge in [0.25, 0.3) is 0 Å². The monoisotopic (exact) mass is 259 g/mol. The Balaban J connectivity index is 2.22. The molecule has 4 heteroatoms. The van der Waals surface area contributed by atoms with E-state index in [1.807, 2.05) is 13.0 Å². The first-order valence-corrected chi connectivity index (χ1v) is 6.95. The van der Waals surface area contributed by atoms with E-state index < -0.39 is 5.60 Å². The van der Waals surface area contributed by atoms with Gasteiger partial charge in [0.1, 0.15) is 11.9 Å². The number of hydrogen-bond acceptors (Lipinski definition) is 4. The van der Waals surface area contributed by atoms with Crippen LogP contribution in [0.2, 0.25) is 0 Å². The molecule has 2 rings (SSSR count). The maximum Gasteiger partial charge on any atom is 0.144 e. The summed E-state index contributed by atoms with van der Waals surface area (Å²) in [5.74, 6) is 0.608. The minimum atomic E-state index is -0.774. The van der Waals surface area contributed by atoms with Crippen LogP contribution in [0.1, 0.15) is 49.9 Å². The fourth-order valence-corrected chi connectivity index (χ4v) is 2.25. The number of nitriles is 1. The van der Waals surface area contributed by atoms with E-state index in [2.05, 4.69) is 16.4 Å². The normalized spacial score (nSPS) is 17.2. The van der Waals surface area contributed by atoms with E-state index in [0.29, 0.717) is 24.3 Å². The first-order chi connectivity index (χ1) is 9.05. The summed E-state index contributed by atoms with van der Waals surface area (Å²) in [5, 5.41) is 22.3. The molecule has 1 heterocycles. The van der Waals surface area contributed by atoms with Crippen molar-refractivity contribution < 1.29 is 5.11 Å². The summed E-state index contributed by atoms with van der Waals surface area (Å²) in [4.78, 5) is 4.58. The van der Waals surface area contributed by atoms with Crippen LogP contribution in [0.5, 0.6) is 0 Å². The highest BCUT2D eigenvalue weighted by Gasteiger charge is 2.20. The number of pyridine rings is 1. The van der Waals surface area contributed by atoms with E-state index in [4.69, 9.17) is 0 Å². The van der Waals surface area contributed by atoms with Crippen LogP contribution in [0.4, 0.5) is 5.82 Å². The SMILES string of the molecule is CCC(C)(O)CNc1nc2c(cc1C#N)CCCC2. The summed E-state index contributed by atoms with van der Waals surface area (Å²) in [6.07, 6.45) is 5.01. The predicted molar refractivity (Wildman–Crippen MR) is 75.0 cm³/mol. The Labute approximate surface area is 114 Å². The van der Waals surface area contributed by atoms with Gasteiger partial charge >= 0.3 is 0 Å². The van der Waals surface area contributed by atoms with Crippen molar-refractivity contribution >= 4 is 5.82 Å². The summed E-state index contributed by atoms with van der Waals surface area (Å²) < 4.78 is 0. The van der Waals surface area contributed by atoms with E-state index in [0.717, 1.165) is 25.0 Å². The molecule has 0 radical (unpaired) electrons. The molecule has 0 amide bonds. The molecule has 1 aliphatic rings. The molecule has 1 aromatic heterocycles. The second kappa shape index (κ2) is 5.58. The van der Waals surface area contributed by atoms with Gasteiger partial charge < -0.3 is 10.4 Å². The van der Waals surface area contributed by atoms with Crippen molar-refractivity contribution in [3.8, 4) is 6.07 Å². The first-order valence-electron chi connectivity index (χ1n) is 6.95. The molecule has 4 nitrogen and oxygen atoms in total. The summed E-state index contributed by atoms with van der Waals surface area (Å²) >= 11 is 0. The fraction of sp³-hybridized carbons (Fsp3) is 0.600. The van der Waals surface area contributed by atoms with Gasteiger partial charge in [-0.2, -0.15) is 5.26 Å². The van der Waals surface area contributed by atoms with Crippen LogP contribution in [0.15, 0.2) is 6.07 Å². The molecular weight excluding hydrogens is 238 g/mol. The highest BCUT2D eigenvalue weighted by molar-refractivity contribution is 5.54. The van der Waals surface area contributed by atoms with E-state index in [1.165, 1.54) is 12.0 Å². The number of nitrogens with zero attached hydrogens (tertiary/aromatic N) is 2. The summed E-state index contributed by atoms with van der Waals surface area (Å²) in [5.41, 5.74) is 2.11. The van der Waals surface area contributed by atoms with Gasteiger partial charge in [-0.25, -0.2) is 4.98 Å². The van der Waals surface area contributed by atoms with Crippen molar-refractivity contribution in [1.29, 1.82) is 5.26 Å². The second-order valence-electron chi connectivity index (χ2n) is 5.51. The lowest BCUT2D eigenvalue weighted by atomic mass is 9.95. The number of aromatic nitrogens is 1. The van der Waals surface area contributed by atoms with Crippen LogP contribution in [0.25, 0.3) is 0 Å². The van der Waals surface area contributed by atoms with Crippen LogP contribution in [-0.2, 0) is 12.8 Å². The number of nitrogens with one attached hydrogen (secondary N) is 1. The van der Waals surface area contributed by atoms with Crippen LogP contribution in [-0.4, -0.2) is 22.2 Å². The lowest BCUT2D eigenvalue weighted by Crippen LogP contribution is -2.33. The van der Waals surface area contributed by atoms with Gasteiger partial charge in [-0.05, 0) is 50.7 Å². The highest BCUT2D eigenvalue weighted by atomic mass is 16.3. The smallest absolute Gasteiger partial charge is 0.144 e. The largest absolute Gasteiger partial charge is 0.388 e. The molecule has 1 atom stereocenters. The van der Waals surface area contributed by atoms with E-state index in [-0.39, 0.29) is 0 Å². The third-order valence-corrected chi connectivity index (χ3v) is 3.82. The summed E-state index contributed by atoms with van der Waals surface area (Å²) in [6.45, 7) is 4.13. The molecule has 0 spiro atoms. The van der Waals surface area contributed by atoms with Gasteiger partial charge in [0.2, 0.25) is 0 Å². The maximum absolute atomic E-state index is 10.0. The number of aliphatic hydroxyl groups is 1. The van der Waals surface area contributed by atoms with Crippen molar-refractivity contribution in [2.45, 2.75) is 51.6 Å². The zero-order valence-electron chi connectivity index (χ0n) is 11.7. The Hall–Kier alpha value is -1.60. The Kier molecular flexibility index (Phi) is 4.06. The second-order valence-corrected chi connectivity index (χ2v) is 5.51. The molecular formula is C15H21N3O. The molecule has 0 saturated carbocycles. The standard InChI is InChI=1S/C15H21N3O/c1-3-15(2,19)10-17-14-12(9-16)8-11-6-4-5-7-13(11)18-14/h8,19H,3-7,10H2,1-2H3,(H,17,18). The van der Waals surface area contributed by atoms with Crippen LogP contribution in [0, 0.1) is 11.3 Å². The topological polar surface area (TPSA) is 68.9 Å². The first kappa shape index (κ1) is 13.8. The molecule has 0 aromatic carbocycles. The molecule has 0 aliphatic heterocycles. The van der Waals surface area contributed by atoms with Crippen LogP contribution in [0.3, 0.4) is 0 Å². The molecule has 1 aromatic rings. The van der Waals surface area contributed by atoms with Gasteiger partial charge in [0.15, 0.2) is 0 Å². The van der Waals surface area contributed by atoms with Crippen molar-refractivity contribution in [2.24, 2.45) is 0 Å². The maximum atomic E-state index is 10.0. The molecule has 0 bridgehead atoms. The van der Waals surface area contributed by atoms with E-state index in [1.54, 1.807) is 6.92 Å². The zero-order valence-corrected chi connectivity index (χ0v) is 11.7. The van der Waals surface area contributed by atoms with Crippen LogP contribution >= 0.6 is 0 Å². The third kappa shape index (κ3) is 3.24. The van der Waals surface area contributed by atoms with Crippen molar-refractivity contribution in [3.05, 3.63) is 22.9 Å². The van der Waals surface area contributed by atoms with E-state index in [9.17, 15) is 10.4 Å². The van der Waals surface area contributed by atoms with Crippen LogP contribution < -0.4 is 5.32 Å². The van der Waals surface area contributed by atoms with Crippen molar-refractivity contribution in [3.63, 3.8) is 0 Å². The predicted octanol–water partition coefficient (Wildman–Crippen LogP) is 2.40. The zero-order chi connectivity index (χ0) is 13.9. The number of anilines is 1. The molecule has 1 unspecified atom stereocenters. The average molecular weight is 259 g/mol. The summed E-state index contributed by atoms with van der Waals surface area (Å²) in [6, 6.07) is 4.14. The number of hydrogen-bond donors (Lipinski definition) is 2. The Morgan fingerprint density at radius 1 is 1.47 bits per heavy atom. The quantitative estimate of drug-likeness (QED) is 0.871. The van der Waals surface area contributed by atoms with E-state index >= 15 is 0 Å². The van der Waals surface area contributed by atoms with Crippen molar-refractivity contribution in [1.82, 2.24) is 4.98 Å². The van der Waals surface area contributed by atoms with Gasteiger partial charge in [0, 0.05) is 12.2 Å². The molecule has 0 saturated heterocycles. The third-order valence-electron chi connectivity index (χ3n) is 3.82. The van der Waals surface area contributed by atoms with Gasteiger partial charge in [-0.1, -0.05) is 6.92 Å². The van der Waals surface area contributed by atoms with Crippen molar-refractivity contribution in [2.75, 3.05) is 11.9 Å². The van der Waals surface area contributed by atoms with Gasteiger partial charge in [-0.15, -0.1) is 0 Å². The number of aryl methyl sites for hydroxylation is 2. The van der Waals surface area contributed by atoms with Gasteiger partial charge in [-0.3, -0.25) is 0 Å². The van der Waals surface area contributed by atoms with Gasteiger partial charge in [0.05, 0.1) is 11.2 Å². The molecule has 2 N–H and O–H groups in total. The lowest BCUT2D eigenvalue weighted by Gasteiger charge is -2.23. The number of rotatable bonds is 4. The Morgan fingerprint density at radius 3 is 2.89 bits per heavy atom. The number of fused-ring (bicyclic) bond motifs is 1. The minimum absolute atomic E-state index is 0.407. The molecule has 0 fully saturated rings. The fourth-order valence-electron chi connectivity index (χ4n) is 2.25. The lowest BCUT2D eigenvalue weighted by molar-refractivity contribution is 0.0696. The highest BCUT2D eigenvalue weighted by Crippen LogP contribution is 2.24.